The van der Waals surface area contributed by atoms with Gasteiger partial charge in [0.05, 0.1) is 0 Å². The van der Waals surface area contributed by atoms with Gasteiger partial charge < -0.3 is 14.5 Å². The topological polar surface area (TPSA) is 68.5 Å². The molecule has 0 unspecified atom stereocenters. The van der Waals surface area contributed by atoms with E-state index in [-0.39, 0.29) is 18.6 Å². The highest BCUT2D eigenvalue weighted by atomic mass is 16.5. The predicted octanol–water partition coefficient (Wildman–Crippen LogP) is 3.11. The molecule has 0 spiro atoms. The highest BCUT2D eigenvalue weighted by Crippen LogP contribution is 2.19. The second-order valence-electron chi connectivity index (χ2n) is 6.18. The molecule has 1 amide bonds. The molecule has 0 aliphatic carbocycles. The second kappa shape index (κ2) is 7.81. The molecular weight excluding hydrogens is 294 g/mol. The highest BCUT2D eigenvalue weighted by Gasteiger charge is 2.09. The number of carbonyl (C=O) groups is 1. The number of benzene rings is 1. The SMILES string of the molecule is CC(C)CC[C@@H](C)NC(=O)COc1ccc2ccc(=O)oc2c1. The van der Waals surface area contributed by atoms with Crippen molar-refractivity contribution in [3.8, 4) is 5.75 Å². The number of rotatable bonds is 7. The molecule has 0 saturated carbocycles. The van der Waals surface area contributed by atoms with Gasteiger partial charge in [-0.2, -0.15) is 0 Å². The van der Waals surface area contributed by atoms with Crippen molar-refractivity contribution >= 4 is 16.9 Å². The Morgan fingerprint density at radius 3 is 2.65 bits per heavy atom. The molecule has 2 rings (SSSR count). The van der Waals surface area contributed by atoms with Crippen LogP contribution in [0.2, 0.25) is 0 Å². The smallest absolute Gasteiger partial charge is 0.336 e. The van der Waals surface area contributed by atoms with Gasteiger partial charge in [-0.25, -0.2) is 4.79 Å². The third-order valence-corrected chi connectivity index (χ3v) is 3.55. The number of amides is 1. The van der Waals surface area contributed by atoms with Crippen LogP contribution in [-0.4, -0.2) is 18.6 Å². The van der Waals surface area contributed by atoms with Crippen LogP contribution in [0.25, 0.3) is 11.0 Å². The van der Waals surface area contributed by atoms with Crippen LogP contribution in [0.15, 0.2) is 39.5 Å². The summed E-state index contributed by atoms with van der Waals surface area (Å²) >= 11 is 0. The predicted molar refractivity (Wildman–Crippen MR) is 89.7 cm³/mol. The van der Waals surface area contributed by atoms with Gasteiger partial charge in [-0.3, -0.25) is 4.79 Å². The lowest BCUT2D eigenvalue weighted by molar-refractivity contribution is -0.123. The Labute approximate surface area is 135 Å². The summed E-state index contributed by atoms with van der Waals surface area (Å²) < 4.78 is 10.6. The fourth-order valence-electron chi connectivity index (χ4n) is 2.25. The van der Waals surface area contributed by atoms with Crippen LogP contribution in [0.4, 0.5) is 0 Å². The Morgan fingerprint density at radius 1 is 1.17 bits per heavy atom. The first-order chi connectivity index (χ1) is 10.9. The number of nitrogens with one attached hydrogen (secondary N) is 1. The number of ether oxygens (including phenoxy) is 1. The molecule has 0 fully saturated rings. The fourth-order valence-corrected chi connectivity index (χ4v) is 2.25. The van der Waals surface area contributed by atoms with Gasteiger partial charge in [0.1, 0.15) is 11.3 Å². The molecule has 5 heteroatoms. The zero-order chi connectivity index (χ0) is 16.8. The largest absolute Gasteiger partial charge is 0.484 e. The van der Waals surface area contributed by atoms with Crippen LogP contribution in [0.1, 0.15) is 33.6 Å². The molecule has 0 bridgehead atoms. The molecule has 1 heterocycles. The van der Waals surface area contributed by atoms with Gasteiger partial charge >= 0.3 is 5.63 Å². The summed E-state index contributed by atoms with van der Waals surface area (Å²) in [7, 11) is 0. The quantitative estimate of drug-likeness (QED) is 0.797. The van der Waals surface area contributed by atoms with E-state index in [1.54, 1.807) is 24.3 Å². The summed E-state index contributed by atoms with van der Waals surface area (Å²) in [5, 5.41) is 3.72. The molecule has 0 saturated heterocycles. The Morgan fingerprint density at radius 2 is 1.91 bits per heavy atom. The Kier molecular flexibility index (Phi) is 5.79. The standard InChI is InChI=1S/C18H23NO4/c1-12(2)4-5-13(3)19-17(20)11-22-15-8-6-14-7-9-18(21)23-16(14)10-15/h6-10,12-13H,4-5,11H2,1-3H3,(H,19,20)/t13-/m1/s1. The lowest BCUT2D eigenvalue weighted by Gasteiger charge is -2.15. The molecule has 5 nitrogen and oxygen atoms in total. The lowest BCUT2D eigenvalue weighted by atomic mass is 10.0. The first kappa shape index (κ1) is 17.1. The average Bonchev–Trinajstić information content (AvgIpc) is 2.50. The number of hydrogen-bond donors (Lipinski definition) is 1. The zero-order valence-electron chi connectivity index (χ0n) is 13.8. The summed E-state index contributed by atoms with van der Waals surface area (Å²) in [6.45, 7) is 6.26. The average molecular weight is 317 g/mol. The van der Waals surface area contributed by atoms with Gasteiger partial charge in [-0.15, -0.1) is 0 Å². The molecule has 0 radical (unpaired) electrons. The van der Waals surface area contributed by atoms with Crippen molar-refractivity contribution in [2.75, 3.05) is 6.61 Å². The van der Waals surface area contributed by atoms with Crippen molar-refractivity contribution in [2.24, 2.45) is 5.92 Å². The van der Waals surface area contributed by atoms with Crippen LogP contribution < -0.4 is 15.7 Å². The summed E-state index contributed by atoms with van der Waals surface area (Å²) in [5.74, 6) is 0.963. The minimum atomic E-state index is -0.411. The van der Waals surface area contributed by atoms with E-state index in [0.717, 1.165) is 18.2 Å². The van der Waals surface area contributed by atoms with E-state index in [9.17, 15) is 9.59 Å². The van der Waals surface area contributed by atoms with Crippen LogP contribution in [-0.2, 0) is 4.79 Å². The van der Waals surface area contributed by atoms with Gasteiger partial charge in [0.25, 0.3) is 5.91 Å². The van der Waals surface area contributed by atoms with Crippen molar-refractivity contribution in [3.05, 3.63) is 40.8 Å². The van der Waals surface area contributed by atoms with Crippen LogP contribution in [0, 0.1) is 5.92 Å². The molecule has 124 valence electrons. The maximum absolute atomic E-state index is 11.9. The number of hydrogen-bond acceptors (Lipinski definition) is 4. The minimum absolute atomic E-state index is 0.0609. The maximum Gasteiger partial charge on any atom is 0.336 e. The molecule has 1 atom stereocenters. The fraction of sp³-hybridized carbons (Fsp3) is 0.444. The van der Waals surface area contributed by atoms with E-state index in [1.807, 2.05) is 6.92 Å². The molecule has 1 aromatic heterocycles. The Balaban J connectivity index is 1.87. The van der Waals surface area contributed by atoms with Gasteiger partial charge in [0.2, 0.25) is 0 Å². The second-order valence-corrected chi connectivity index (χ2v) is 6.18. The zero-order valence-corrected chi connectivity index (χ0v) is 13.8. The van der Waals surface area contributed by atoms with E-state index in [4.69, 9.17) is 9.15 Å². The van der Waals surface area contributed by atoms with Crippen LogP contribution in [0.5, 0.6) is 5.75 Å². The van der Waals surface area contributed by atoms with Crippen molar-refractivity contribution in [3.63, 3.8) is 0 Å². The Bertz CT molecular complexity index is 720. The lowest BCUT2D eigenvalue weighted by Crippen LogP contribution is -2.36. The number of carbonyl (C=O) groups excluding carboxylic acids is 1. The third kappa shape index (κ3) is 5.43. The molecule has 1 aromatic carbocycles. The Hall–Kier alpha value is -2.30. The van der Waals surface area contributed by atoms with Gasteiger partial charge in [-0.1, -0.05) is 13.8 Å². The molecule has 1 N–H and O–H groups in total. The summed E-state index contributed by atoms with van der Waals surface area (Å²) in [6.07, 6.45) is 2.02. The molecular formula is C18H23NO4. The van der Waals surface area contributed by atoms with Crippen molar-refractivity contribution < 1.29 is 13.9 Å². The van der Waals surface area contributed by atoms with E-state index >= 15 is 0 Å². The van der Waals surface area contributed by atoms with E-state index < -0.39 is 5.63 Å². The van der Waals surface area contributed by atoms with Crippen molar-refractivity contribution in [2.45, 2.75) is 39.7 Å². The summed E-state index contributed by atoms with van der Waals surface area (Å²) in [4.78, 5) is 23.1. The van der Waals surface area contributed by atoms with E-state index in [1.165, 1.54) is 6.07 Å². The van der Waals surface area contributed by atoms with Gasteiger partial charge in [-0.05, 0) is 43.9 Å². The van der Waals surface area contributed by atoms with E-state index in [0.29, 0.717) is 17.3 Å². The molecule has 2 aromatic rings. The maximum atomic E-state index is 11.9. The third-order valence-electron chi connectivity index (χ3n) is 3.55. The first-order valence-corrected chi connectivity index (χ1v) is 7.90. The van der Waals surface area contributed by atoms with Crippen LogP contribution >= 0.6 is 0 Å². The number of fused-ring (bicyclic) bond motifs is 1. The summed E-state index contributed by atoms with van der Waals surface area (Å²) in [5.41, 5.74) is 0.0343. The summed E-state index contributed by atoms with van der Waals surface area (Å²) in [6, 6.07) is 8.34. The van der Waals surface area contributed by atoms with E-state index in [2.05, 4.69) is 19.2 Å². The minimum Gasteiger partial charge on any atom is -0.484 e. The van der Waals surface area contributed by atoms with Crippen molar-refractivity contribution in [1.82, 2.24) is 5.32 Å². The molecule has 0 aliphatic rings. The van der Waals surface area contributed by atoms with Gasteiger partial charge in [0, 0.05) is 23.6 Å². The first-order valence-electron chi connectivity index (χ1n) is 7.90. The van der Waals surface area contributed by atoms with Gasteiger partial charge in [0.15, 0.2) is 6.61 Å². The van der Waals surface area contributed by atoms with Crippen LogP contribution in [0.3, 0.4) is 0 Å². The normalized spacial score (nSPS) is 12.3. The highest BCUT2D eigenvalue weighted by molar-refractivity contribution is 5.79. The molecule has 23 heavy (non-hydrogen) atoms. The molecule has 0 aliphatic heterocycles. The van der Waals surface area contributed by atoms with Crippen molar-refractivity contribution in [1.29, 1.82) is 0 Å². The monoisotopic (exact) mass is 317 g/mol.